The van der Waals surface area contributed by atoms with E-state index >= 15 is 0 Å². The van der Waals surface area contributed by atoms with Crippen LogP contribution in [0.25, 0.3) is 0 Å². The first kappa shape index (κ1) is 31.8. The zero-order valence-electron chi connectivity index (χ0n) is 26.6. The van der Waals surface area contributed by atoms with Crippen molar-refractivity contribution in [3.05, 3.63) is 23.7 Å². The maximum Gasteiger partial charge on any atom is 0.127 e. The van der Waals surface area contributed by atoms with E-state index in [0.29, 0.717) is 17.7 Å². The largest absolute Gasteiger partial charge is 0.384 e. The second-order valence-corrected chi connectivity index (χ2v) is 13.4. The third-order valence-corrected chi connectivity index (χ3v) is 10.3. The van der Waals surface area contributed by atoms with Gasteiger partial charge in [-0.3, -0.25) is 9.80 Å². The zero-order valence-corrected chi connectivity index (χ0v) is 26.6. The molecule has 0 radical (unpaired) electrons. The highest BCUT2D eigenvalue weighted by Gasteiger charge is 2.24. The summed E-state index contributed by atoms with van der Waals surface area (Å²) in [6.45, 7) is 18.8. The smallest absolute Gasteiger partial charge is 0.127 e. The number of piperazine rings is 1. The third kappa shape index (κ3) is 10.2. The monoisotopic (exact) mass is 584 g/mol. The highest BCUT2D eigenvalue weighted by molar-refractivity contribution is 5.92. The van der Waals surface area contributed by atoms with Crippen molar-refractivity contribution in [3.63, 3.8) is 0 Å². The molecule has 1 aliphatic carbocycles. The molecule has 1 unspecified atom stereocenters. The van der Waals surface area contributed by atoms with Crippen molar-refractivity contribution < 1.29 is 4.74 Å². The topological polar surface area (TPSA) is 84.6 Å². The van der Waals surface area contributed by atoms with Crippen LogP contribution in [-0.2, 0) is 4.74 Å². The average molecular weight is 585 g/mol. The Hall–Kier alpha value is -1.65. The third-order valence-electron chi connectivity index (χ3n) is 10.3. The van der Waals surface area contributed by atoms with Gasteiger partial charge in [-0.15, -0.1) is 0 Å². The molecule has 1 atom stereocenters. The fourth-order valence-electron chi connectivity index (χ4n) is 7.35. The number of morpholine rings is 1. The number of amidine groups is 1. The molecular weight excluding hydrogens is 524 g/mol. The first-order valence-electron chi connectivity index (χ1n) is 17.4. The van der Waals surface area contributed by atoms with Gasteiger partial charge in [-0.1, -0.05) is 26.2 Å². The molecule has 0 aromatic carbocycles. The van der Waals surface area contributed by atoms with Crippen LogP contribution in [0.2, 0.25) is 0 Å². The molecule has 9 nitrogen and oxygen atoms in total. The fourth-order valence-corrected chi connectivity index (χ4v) is 7.35. The van der Waals surface area contributed by atoms with Gasteiger partial charge in [0.05, 0.1) is 13.2 Å². The summed E-state index contributed by atoms with van der Waals surface area (Å²) in [4.78, 5) is 15.2. The Balaban J connectivity index is 0.984. The molecule has 5 rings (SSSR count). The minimum Gasteiger partial charge on any atom is -0.384 e. The number of allylic oxidation sites excluding steroid dienone is 2. The number of hydrogen-bond donors (Lipinski definition) is 3. The van der Waals surface area contributed by atoms with Crippen LogP contribution >= 0.6 is 0 Å². The lowest BCUT2D eigenvalue weighted by Gasteiger charge is -2.40. The van der Waals surface area contributed by atoms with Gasteiger partial charge < -0.3 is 30.9 Å². The van der Waals surface area contributed by atoms with Crippen molar-refractivity contribution in [2.45, 2.75) is 70.8 Å². The van der Waals surface area contributed by atoms with Crippen LogP contribution in [0.1, 0.15) is 64.7 Å². The Morgan fingerprint density at radius 1 is 0.857 bits per heavy atom. The molecule has 0 bridgehead atoms. The fraction of sp³-hybridized carbons (Fsp3) is 0.848. The second-order valence-electron chi connectivity index (χ2n) is 13.4. The van der Waals surface area contributed by atoms with Crippen molar-refractivity contribution >= 4 is 5.84 Å². The van der Waals surface area contributed by atoms with Crippen molar-refractivity contribution in [1.82, 2.24) is 30.2 Å². The van der Waals surface area contributed by atoms with Crippen LogP contribution in [0.4, 0.5) is 0 Å². The van der Waals surface area contributed by atoms with E-state index in [1.165, 1.54) is 83.2 Å². The number of aliphatic imine (C=N–C) groups is 1. The number of rotatable bonds is 12. The molecule has 0 amide bonds. The summed E-state index contributed by atoms with van der Waals surface area (Å²) in [7, 11) is 0. The lowest BCUT2D eigenvalue weighted by atomic mass is 9.95. The highest BCUT2D eigenvalue weighted by Crippen LogP contribution is 2.24. The molecule has 4 fully saturated rings. The molecular formula is C33H60N8O. The Morgan fingerprint density at radius 3 is 2.29 bits per heavy atom. The average Bonchev–Trinajstić information content (AvgIpc) is 3.03. The number of hydrogen-bond acceptors (Lipinski definition) is 9. The normalized spacial score (nSPS) is 26.7. The van der Waals surface area contributed by atoms with E-state index in [1.54, 1.807) is 0 Å². The number of nitrogens with zero attached hydrogens (tertiary/aromatic N) is 5. The lowest BCUT2D eigenvalue weighted by Crippen LogP contribution is -2.49. The van der Waals surface area contributed by atoms with Gasteiger partial charge in [-0.2, -0.15) is 0 Å². The summed E-state index contributed by atoms with van der Waals surface area (Å²) in [6.07, 6.45) is 16.3. The van der Waals surface area contributed by atoms with Gasteiger partial charge in [0.25, 0.3) is 0 Å². The van der Waals surface area contributed by atoms with E-state index in [9.17, 15) is 0 Å². The van der Waals surface area contributed by atoms with E-state index in [1.807, 2.05) is 0 Å². The standard InChI is InChI=1S/C33H60N8O/c1-28-8-9-33(36-27-29-10-14-38(15-11-29)13-5-12-35-30-6-3-2-4-7-30)37-32(34)26-31(28)41-20-18-39(19-21-41)16-17-40-22-24-42-25-23-40/h9,26,28-30,35-36H,2-8,10-25,27H2,1H3,(H2,34,37). The summed E-state index contributed by atoms with van der Waals surface area (Å²) in [5, 5.41) is 7.46. The Bertz CT molecular complexity index is 878. The maximum absolute atomic E-state index is 6.47. The van der Waals surface area contributed by atoms with Crippen molar-refractivity contribution in [3.8, 4) is 0 Å². The van der Waals surface area contributed by atoms with Crippen molar-refractivity contribution in [1.29, 1.82) is 0 Å². The van der Waals surface area contributed by atoms with Crippen molar-refractivity contribution in [2.24, 2.45) is 22.6 Å². The quantitative estimate of drug-likeness (QED) is 0.302. The van der Waals surface area contributed by atoms with Gasteiger partial charge in [0.2, 0.25) is 0 Å². The number of ether oxygens (including phenoxy) is 1. The van der Waals surface area contributed by atoms with Crippen molar-refractivity contribution in [2.75, 3.05) is 98.3 Å². The van der Waals surface area contributed by atoms with Crippen LogP contribution in [-0.4, -0.2) is 130 Å². The predicted molar refractivity (Wildman–Crippen MR) is 174 cm³/mol. The van der Waals surface area contributed by atoms with E-state index in [-0.39, 0.29) is 0 Å². The summed E-state index contributed by atoms with van der Waals surface area (Å²) in [5.74, 6) is 2.74. The van der Waals surface area contributed by atoms with E-state index in [2.05, 4.69) is 49.3 Å². The molecule has 4 N–H and O–H groups in total. The van der Waals surface area contributed by atoms with E-state index < -0.39 is 0 Å². The lowest BCUT2D eigenvalue weighted by molar-refractivity contribution is 0.0306. The molecule has 42 heavy (non-hydrogen) atoms. The molecule has 4 heterocycles. The zero-order chi connectivity index (χ0) is 29.0. The van der Waals surface area contributed by atoms with Gasteiger partial charge >= 0.3 is 0 Å². The Morgan fingerprint density at radius 2 is 1.55 bits per heavy atom. The molecule has 3 saturated heterocycles. The Labute approximate surface area is 255 Å². The summed E-state index contributed by atoms with van der Waals surface area (Å²) in [5.41, 5.74) is 7.82. The summed E-state index contributed by atoms with van der Waals surface area (Å²) >= 11 is 0. The summed E-state index contributed by atoms with van der Waals surface area (Å²) < 4.78 is 5.49. The highest BCUT2D eigenvalue weighted by atomic mass is 16.5. The summed E-state index contributed by atoms with van der Waals surface area (Å²) in [6, 6.07) is 0.784. The van der Waals surface area contributed by atoms with Crippen LogP contribution in [0.3, 0.4) is 0 Å². The van der Waals surface area contributed by atoms with Gasteiger partial charge in [0, 0.05) is 70.6 Å². The first-order chi connectivity index (χ1) is 20.6. The number of likely N-dealkylation sites (tertiary alicyclic amines) is 1. The van der Waals surface area contributed by atoms with Crippen LogP contribution in [0, 0.1) is 11.8 Å². The molecule has 0 aromatic heterocycles. The SMILES string of the molecule is CC1CC=C(NCC2CCN(CCCNC3CCCCC3)CC2)N=C(N)C=C1N1CCN(CCN2CCOCC2)CC1. The van der Waals surface area contributed by atoms with Crippen LogP contribution in [0.5, 0.6) is 0 Å². The molecule has 1 saturated carbocycles. The van der Waals surface area contributed by atoms with Crippen LogP contribution < -0.4 is 16.4 Å². The minimum absolute atomic E-state index is 0.437. The molecule has 5 aliphatic rings. The molecule has 0 aromatic rings. The predicted octanol–water partition coefficient (Wildman–Crippen LogP) is 2.67. The van der Waals surface area contributed by atoms with E-state index in [4.69, 9.17) is 15.5 Å². The van der Waals surface area contributed by atoms with Gasteiger partial charge in [0.15, 0.2) is 0 Å². The van der Waals surface area contributed by atoms with Gasteiger partial charge in [-0.25, -0.2) is 4.99 Å². The van der Waals surface area contributed by atoms with E-state index in [0.717, 1.165) is 90.4 Å². The number of nitrogens with two attached hydrogens (primary N) is 1. The number of piperidine rings is 1. The molecule has 9 heteroatoms. The second kappa shape index (κ2) is 17.0. The molecule has 4 aliphatic heterocycles. The van der Waals surface area contributed by atoms with Gasteiger partial charge in [-0.05, 0) is 88.7 Å². The number of nitrogens with one attached hydrogen (secondary N) is 2. The maximum atomic E-state index is 6.47. The minimum atomic E-state index is 0.437. The van der Waals surface area contributed by atoms with Crippen LogP contribution in [0.15, 0.2) is 28.7 Å². The Kier molecular flexibility index (Phi) is 12.9. The molecule has 0 spiro atoms. The first-order valence-corrected chi connectivity index (χ1v) is 17.4. The molecule has 238 valence electrons. The van der Waals surface area contributed by atoms with Gasteiger partial charge in [0.1, 0.15) is 11.7 Å².